The van der Waals surface area contributed by atoms with E-state index in [-0.39, 0.29) is 36.0 Å². The summed E-state index contributed by atoms with van der Waals surface area (Å²) in [5, 5.41) is 11.5. The van der Waals surface area contributed by atoms with E-state index < -0.39 is 17.7 Å². The van der Waals surface area contributed by atoms with Gasteiger partial charge in [-0.3, -0.25) is 9.59 Å². The third-order valence-corrected chi connectivity index (χ3v) is 6.17. The van der Waals surface area contributed by atoms with Gasteiger partial charge in [-0.2, -0.15) is 0 Å². The van der Waals surface area contributed by atoms with E-state index in [4.69, 9.17) is 9.47 Å². The molecule has 35 heavy (non-hydrogen) atoms. The maximum Gasteiger partial charge on any atom is 0.295 e. The Kier molecular flexibility index (Phi) is 8.06. The second-order valence-corrected chi connectivity index (χ2v) is 10.2. The van der Waals surface area contributed by atoms with E-state index in [1.165, 1.54) is 4.90 Å². The van der Waals surface area contributed by atoms with Crippen LogP contribution < -0.4 is 4.74 Å². The molecule has 1 aliphatic rings. The van der Waals surface area contributed by atoms with Crippen molar-refractivity contribution < 1.29 is 24.2 Å². The molecule has 188 valence electrons. The third kappa shape index (κ3) is 5.76. The summed E-state index contributed by atoms with van der Waals surface area (Å²) in [7, 11) is 0. The molecule has 1 heterocycles. The van der Waals surface area contributed by atoms with E-state index in [1.807, 2.05) is 70.2 Å². The molecule has 1 amide bonds. The summed E-state index contributed by atoms with van der Waals surface area (Å²) < 4.78 is 11.3. The normalized spacial score (nSPS) is 17.9. The van der Waals surface area contributed by atoms with Crippen LogP contribution in [0.25, 0.3) is 5.76 Å². The first kappa shape index (κ1) is 26.5. The van der Waals surface area contributed by atoms with Crippen LogP contribution in [0.3, 0.4) is 0 Å². The highest BCUT2D eigenvalue weighted by Gasteiger charge is 2.46. The summed E-state index contributed by atoms with van der Waals surface area (Å²) in [5.41, 5.74) is 3.05. The first-order chi connectivity index (χ1) is 16.5. The number of nitrogens with zero attached hydrogens (tertiary/aromatic N) is 1. The summed E-state index contributed by atoms with van der Waals surface area (Å²) in [5.74, 6) is -0.860. The second-order valence-electron chi connectivity index (χ2n) is 10.2. The third-order valence-electron chi connectivity index (χ3n) is 6.17. The van der Waals surface area contributed by atoms with Crippen LogP contribution in [0, 0.1) is 6.92 Å². The molecule has 2 aromatic carbocycles. The largest absolute Gasteiger partial charge is 0.507 e. The highest BCUT2D eigenvalue weighted by molar-refractivity contribution is 6.46. The highest BCUT2D eigenvalue weighted by atomic mass is 16.5. The Balaban J connectivity index is 2.19. The maximum atomic E-state index is 13.3. The van der Waals surface area contributed by atoms with E-state index in [2.05, 4.69) is 20.8 Å². The standard InChI is InChI=1S/C29H37NO5/c1-8-34-22-11-9-10-20(16-22)25-24(27(32)28(33)30(25)14-15-35-18(2)3)26(31)23-17-21(29(5,6)7)13-12-19(23)4/h9-13,16-18,25,31H,8,14-15H2,1-7H3/b26-24+. The van der Waals surface area contributed by atoms with Crippen LogP contribution in [-0.4, -0.2) is 47.6 Å². The van der Waals surface area contributed by atoms with Crippen molar-refractivity contribution >= 4 is 17.4 Å². The number of hydrogen-bond acceptors (Lipinski definition) is 5. The number of ketones is 1. The first-order valence-corrected chi connectivity index (χ1v) is 12.2. The molecule has 6 heteroatoms. The molecule has 1 saturated heterocycles. The van der Waals surface area contributed by atoms with Gasteiger partial charge in [0.1, 0.15) is 11.5 Å². The minimum atomic E-state index is -0.746. The monoisotopic (exact) mass is 479 g/mol. The Morgan fingerprint density at radius 1 is 1.11 bits per heavy atom. The fourth-order valence-electron chi connectivity index (χ4n) is 4.27. The predicted octanol–water partition coefficient (Wildman–Crippen LogP) is 5.54. The van der Waals surface area contributed by atoms with Gasteiger partial charge in [-0.1, -0.05) is 45.0 Å². The number of aliphatic hydroxyl groups is 1. The number of rotatable bonds is 8. The minimum absolute atomic E-state index is 0.00524. The van der Waals surface area contributed by atoms with Gasteiger partial charge in [0, 0.05) is 12.1 Å². The highest BCUT2D eigenvalue weighted by Crippen LogP contribution is 2.41. The Morgan fingerprint density at radius 2 is 1.83 bits per heavy atom. The molecular formula is C29H37NO5. The number of hydrogen-bond donors (Lipinski definition) is 1. The second kappa shape index (κ2) is 10.6. The Labute approximate surface area is 208 Å². The number of carbonyl (C=O) groups is 2. The molecule has 2 aromatic rings. The quantitative estimate of drug-likeness (QED) is 0.306. The van der Waals surface area contributed by atoms with Crippen LogP contribution in [0.2, 0.25) is 0 Å². The molecule has 1 unspecified atom stereocenters. The van der Waals surface area contributed by atoms with Crippen molar-refractivity contribution in [3.05, 3.63) is 70.3 Å². The number of ether oxygens (including phenoxy) is 2. The number of benzene rings is 2. The van der Waals surface area contributed by atoms with Crippen molar-refractivity contribution in [2.24, 2.45) is 0 Å². The van der Waals surface area contributed by atoms with Gasteiger partial charge in [-0.05, 0) is 68.0 Å². The van der Waals surface area contributed by atoms with Gasteiger partial charge in [0.2, 0.25) is 0 Å². The van der Waals surface area contributed by atoms with Crippen LogP contribution in [0.1, 0.15) is 69.8 Å². The molecule has 1 N–H and O–H groups in total. The molecule has 6 nitrogen and oxygen atoms in total. The molecular weight excluding hydrogens is 442 g/mol. The molecule has 0 radical (unpaired) electrons. The molecule has 0 bridgehead atoms. The van der Waals surface area contributed by atoms with Gasteiger partial charge in [-0.25, -0.2) is 0 Å². The van der Waals surface area contributed by atoms with Gasteiger partial charge in [0.05, 0.1) is 30.9 Å². The molecule has 0 saturated carbocycles. The van der Waals surface area contributed by atoms with Gasteiger partial charge >= 0.3 is 0 Å². The minimum Gasteiger partial charge on any atom is -0.507 e. The number of likely N-dealkylation sites (tertiary alicyclic amines) is 1. The van der Waals surface area contributed by atoms with Crippen LogP contribution in [0.15, 0.2) is 48.0 Å². The SMILES string of the molecule is CCOc1cccc(C2/C(=C(\O)c3cc(C(C)(C)C)ccc3C)C(=O)C(=O)N2CCOC(C)C)c1. The molecule has 3 rings (SSSR count). The topological polar surface area (TPSA) is 76.1 Å². The summed E-state index contributed by atoms with van der Waals surface area (Å²) in [6.07, 6.45) is -0.00524. The van der Waals surface area contributed by atoms with Gasteiger partial charge in [0.25, 0.3) is 11.7 Å². The Hall–Kier alpha value is -3.12. The zero-order chi connectivity index (χ0) is 25.9. The Morgan fingerprint density at radius 3 is 2.46 bits per heavy atom. The molecule has 0 aromatic heterocycles. The average molecular weight is 480 g/mol. The van der Waals surface area contributed by atoms with Crippen LogP contribution in [0.4, 0.5) is 0 Å². The number of amides is 1. The molecule has 1 fully saturated rings. The number of aliphatic hydroxyl groups excluding tert-OH is 1. The Bertz CT molecular complexity index is 1130. The maximum absolute atomic E-state index is 13.3. The lowest BCUT2D eigenvalue weighted by Gasteiger charge is -2.26. The number of Topliss-reactive ketones (excluding diaryl/α,β-unsaturated/α-hetero) is 1. The fraction of sp³-hybridized carbons (Fsp3) is 0.448. The van der Waals surface area contributed by atoms with Gasteiger partial charge in [-0.15, -0.1) is 0 Å². The number of carbonyl (C=O) groups excluding carboxylic acids is 2. The zero-order valence-corrected chi connectivity index (χ0v) is 21.8. The van der Waals surface area contributed by atoms with Gasteiger partial charge in [0.15, 0.2) is 0 Å². The predicted molar refractivity (Wildman–Crippen MR) is 138 cm³/mol. The van der Waals surface area contributed by atoms with Crippen molar-refractivity contribution in [3.63, 3.8) is 0 Å². The van der Waals surface area contributed by atoms with E-state index in [0.29, 0.717) is 23.5 Å². The van der Waals surface area contributed by atoms with Crippen molar-refractivity contribution in [2.45, 2.75) is 66.0 Å². The summed E-state index contributed by atoms with van der Waals surface area (Å²) in [6, 6.07) is 12.5. The van der Waals surface area contributed by atoms with Crippen LogP contribution in [-0.2, 0) is 19.7 Å². The van der Waals surface area contributed by atoms with E-state index in [1.54, 1.807) is 0 Å². The molecule has 1 aliphatic heterocycles. The average Bonchev–Trinajstić information content (AvgIpc) is 3.03. The first-order valence-electron chi connectivity index (χ1n) is 12.2. The lowest BCUT2D eigenvalue weighted by molar-refractivity contribution is -0.140. The molecule has 0 spiro atoms. The smallest absolute Gasteiger partial charge is 0.295 e. The van der Waals surface area contributed by atoms with Crippen molar-refractivity contribution in [1.82, 2.24) is 4.90 Å². The number of aryl methyl sites for hydroxylation is 1. The van der Waals surface area contributed by atoms with E-state index >= 15 is 0 Å². The fourth-order valence-corrected chi connectivity index (χ4v) is 4.27. The molecule has 1 atom stereocenters. The van der Waals surface area contributed by atoms with E-state index in [0.717, 1.165) is 11.1 Å². The van der Waals surface area contributed by atoms with Crippen molar-refractivity contribution in [1.29, 1.82) is 0 Å². The van der Waals surface area contributed by atoms with Crippen molar-refractivity contribution in [2.75, 3.05) is 19.8 Å². The van der Waals surface area contributed by atoms with Crippen LogP contribution in [0.5, 0.6) is 5.75 Å². The van der Waals surface area contributed by atoms with Crippen LogP contribution >= 0.6 is 0 Å². The lowest BCUT2D eigenvalue weighted by Crippen LogP contribution is -2.33. The summed E-state index contributed by atoms with van der Waals surface area (Å²) >= 11 is 0. The molecule has 0 aliphatic carbocycles. The summed E-state index contributed by atoms with van der Waals surface area (Å²) in [4.78, 5) is 28.0. The van der Waals surface area contributed by atoms with Gasteiger partial charge < -0.3 is 19.5 Å². The summed E-state index contributed by atoms with van der Waals surface area (Å²) in [6.45, 7) is 14.9. The van der Waals surface area contributed by atoms with Crippen molar-refractivity contribution in [3.8, 4) is 5.75 Å². The zero-order valence-electron chi connectivity index (χ0n) is 21.8. The van der Waals surface area contributed by atoms with E-state index in [9.17, 15) is 14.7 Å². The lowest BCUT2D eigenvalue weighted by atomic mass is 9.84.